The van der Waals surface area contributed by atoms with Gasteiger partial charge >= 0.3 is 0 Å². The maximum absolute atomic E-state index is 12.3. The van der Waals surface area contributed by atoms with E-state index in [-0.39, 0.29) is 5.56 Å². The number of rotatable bonds is 4. The van der Waals surface area contributed by atoms with Crippen LogP contribution in [0.25, 0.3) is 10.2 Å². The van der Waals surface area contributed by atoms with Gasteiger partial charge in [0, 0.05) is 4.88 Å². The minimum absolute atomic E-state index is 0.00560. The molecule has 3 heterocycles. The second kappa shape index (κ2) is 6.73. The van der Waals surface area contributed by atoms with E-state index in [1.54, 1.807) is 11.3 Å². The minimum atomic E-state index is -0.00560. The second-order valence-corrected chi connectivity index (χ2v) is 8.08. The van der Waals surface area contributed by atoms with Gasteiger partial charge in [0.25, 0.3) is 5.56 Å². The van der Waals surface area contributed by atoms with Crippen LogP contribution in [0.15, 0.2) is 16.4 Å². The van der Waals surface area contributed by atoms with E-state index in [1.165, 1.54) is 14.7 Å². The van der Waals surface area contributed by atoms with Gasteiger partial charge in [-0.1, -0.05) is 18.2 Å². The number of nitrogens with one attached hydrogen (secondary N) is 3. The van der Waals surface area contributed by atoms with Crippen LogP contribution in [0.1, 0.15) is 16.3 Å². The standard InChI is InChI=1S/C16H21ClN4OS/c1-10(17)8-20-4-6-21(7-5-20)9-13-18-15(22)14-11(2)12(3)23-16(14)19-13/h1,4-9H2,2-3H3,(H,18,19,22)/p+2. The van der Waals surface area contributed by atoms with Gasteiger partial charge in [-0.2, -0.15) is 0 Å². The molecule has 1 saturated heterocycles. The lowest BCUT2D eigenvalue weighted by molar-refractivity contribution is -1.02. The lowest BCUT2D eigenvalue weighted by Gasteiger charge is -2.29. The fourth-order valence-corrected chi connectivity index (χ4v) is 4.44. The van der Waals surface area contributed by atoms with Crippen LogP contribution in [-0.4, -0.2) is 42.7 Å². The number of piperazine rings is 1. The Balaban J connectivity index is 1.71. The molecule has 1 fully saturated rings. The van der Waals surface area contributed by atoms with Gasteiger partial charge in [-0.25, -0.2) is 4.98 Å². The molecule has 1 aliphatic heterocycles. The number of quaternary nitrogens is 2. The zero-order valence-corrected chi connectivity index (χ0v) is 15.2. The molecule has 124 valence electrons. The predicted octanol–water partition coefficient (Wildman–Crippen LogP) is -0.363. The minimum Gasteiger partial charge on any atom is -0.321 e. The number of halogens is 1. The van der Waals surface area contributed by atoms with Crippen LogP contribution >= 0.6 is 22.9 Å². The summed E-state index contributed by atoms with van der Waals surface area (Å²) < 4.78 is 0. The Morgan fingerprint density at radius 3 is 2.61 bits per heavy atom. The van der Waals surface area contributed by atoms with Crippen molar-refractivity contribution in [1.29, 1.82) is 0 Å². The highest BCUT2D eigenvalue weighted by molar-refractivity contribution is 7.18. The van der Waals surface area contributed by atoms with Crippen LogP contribution in [0.4, 0.5) is 0 Å². The molecule has 1 aliphatic rings. The molecule has 3 N–H and O–H groups in total. The number of hydrogen-bond acceptors (Lipinski definition) is 3. The number of nitrogens with zero attached hydrogens (tertiary/aromatic N) is 1. The van der Waals surface area contributed by atoms with Crippen molar-refractivity contribution in [3.8, 4) is 0 Å². The summed E-state index contributed by atoms with van der Waals surface area (Å²) in [4.78, 5) is 24.9. The van der Waals surface area contributed by atoms with E-state index < -0.39 is 0 Å². The molecule has 23 heavy (non-hydrogen) atoms. The number of aromatic amines is 1. The van der Waals surface area contributed by atoms with Crippen molar-refractivity contribution in [2.45, 2.75) is 20.4 Å². The summed E-state index contributed by atoms with van der Waals surface area (Å²) in [5, 5.41) is 1.48. The molecule has 0 saturated carbocycles. The second-order valence-electron chi connectivity index (χ2n) is 6.35. The Kier molecular flexibility index (Phi) is 4.87. The number of fused-ring (bicyclic) bond motifs is 1. The van der Waals surface area contributed by atoms with Crippen LogP contribution < -0.4 is 15.4 Å². The van der Waals surface area contributed by atoms with Gasteiger partial charge in [0.1, 0.15) is 44.1 Å². The molecule has 2 aromatic rings. The van der Waals surface area contributed by atoms with Crippen molar-refractivity contribution in [1.82, 2.24) is 9.97 Å². The van der Waals surface area contributed by atoms with Gasteiger partial charge in [-0.05, 0) is 19.4 Å². The molecular formula is C16H23ClN4OS+2. The molecule has 0 amide bonds. The fraction of sp³-hybridized carbons (Fsp3) is 0.500. The van der Waals surface area contributed by atoms with E-state index >= 15 is 0 Å². The summed E-state index contributed by atoms with van der Waals surface area (Å²) in [7, 11) is 0. The highest BCUT2D eigenvalue weighted by Gasteiger charge is 2.24. The van der Waals surface area contributed by atoms with Crippen molar-refractivity contribution < 1.29 is 9.80 Å². The van der Waals surface area contributed by atoms with Gasteiger partial charge in [0.2, 0.25) is 0 Å². The van der Waals surface area contributed by atoms with E-state index in [9.17, 15) is 4.79 Å². The Hall–Kier alpha value is -1.21. The van der Waals surface area contributed by atoms with Crippen LogP contribution in [-0.2, 0) is 6.54 Å². The average Bonchev–Trinajstić information content (AvgIpc) is 2.76. The van der Waals surface area contributed by atoms with Crippen molar-refractivity contribution >= 4 is 33.2 Å². The molecule has 2 aromatic heterocycles. The molecule has 0 aliphatic carbocycles. The first-order valence-electron chi connectivity index (χ1n) is 7.93. The molecule has 0 spiro atoms. The molecule has 0 atom stereocenters. The Morgan fingerprint density at radius 2 is 1.96 bits per heavy atom. The lowest BCUT2D eigenvalue weighted by Crippen LogP contribution is -3.27. The number of aromatic nitrogens is 2. The summed E-state index contributed by atoms with van der Waals surface area (Å²) in [5.74, 6) is 0.795. The first kappa shape index (κ1) is 16.6. The van der Waals surface area contributed by atoms with Gasteiger partial charge in [0.05, 0.1) is 10.4 Å². The number of thiophene rings is 1. The monoisotopic (exact) mass is 354 g/mol. The van der Waals surface area contributed by atoms with Gasteiger partial charge in [0.15, 0.2) is 5.82 Å². The quantitative estimate of drug-likeness (QED) is 0.702. The topological polar surface area (TPSA) is 54.6 Å². The number of H-pyrrole nitrogens is 1. The summed E-state index contributed by atoms with van der Waals surface area (Å²) in [6.45, 7) is 13.7. The largest absolute Gasteiger partial charge is 0.321 e. The van der Waals surface area contributed by atoms with E-state index in [4.69, 9.17) is 11.6 Å². The molecule has 0 bridgehead atoms. The first-order chi connectivity index (χ1) is 10.9. The Morgan fingerprint density at radius 1 is 1.30 bits per heavy atom. The smallest absolute Gasteiger partial charge is 0.260 e. The van der Waals surface area contributed by atoms with Gasteiger partial charge < -0.3 is 14.8 Å². The lowest BCUT2D eigenvalue weighted by atomic mass is 10.2. The van der Waals surface area contributed by atoms with E-state index in [2.05, 4.69) is 16.5 Å². The Labute approximate surface area is 144 Å². The first-order valence-corrected chi connectivity index (χ1v) is 9.13. The zero-order chi connectivity index (χ0) is 16.6. The van der Waals surface area contributed by atoms with Gasteiger partial charge in [-0.3, -0.25) is 4.79 Å². The van der Waals surface area contributed by atoms with E-state index in [0.717, 1.165) is 65.9 Å². The molecule has 0 unspecified atom stereocenters. The SMILES string of the molecule is C=C(Cl)C[NH+]1CC[NH+](Cc2nc3sc(C)c(C)c3c(=O)[nH]2)CC1. The average molecular weight is 355 g/mol. The summed E-state index contributed by atoms with van der Waals surface area (Å²) >= 11 is 7.50. The normalized spacial score (nSPS) is 21.7. The summed E-state index contributed by atoms with van der Waals surface area (Å²) in [5.41, 5.74) is 1.05. The zero-order valence-electron chi connectivity index (χ0n) is 13.6. The Bertz CT molecular complexity index is 789. The maximum Gasteiger partial charge on any atom is 0.260 e. The van der Waals surface area contributed by atoms with Crippen LogP contribution in [0.5, 0.6) is 0 Å². The van der Waals surface area contributed by atoms with Crippen molar-refractivity contribution in [2.24, 2.45) is 0 Å². The van der Waals surface area contributed by atoms with E-state index in [1.807, 2.05) is 13.8 Å². The van der Waals surface area contributed by atoms with Crippen LogP contribution in [0.2, 0.25) is 0 Å². The highest BCUT2D eigenvalue weighted by atomic mass is 35.5. The summed E-state index contributed by atoms with van der Waals surface area (Å²) in [6, 6.07) is 0. The third-order valence-electron chi connectivity index (χ3n) is 4.61. The van der Waals surface area contributed by atoms with Crippen molar-refractivity contribution in [3.05, 3.63) is 38.2 Å². The number of hydrogen-bond donors (Lipinski definition) is 3. The molecule has 0 aromatic carbocycles. The van der Waals surface area contributed by atoms with Crippen LogP contribution in [0.3, 0.4) is 0 Å². The summed E-state index contributed by atoms with van der Waals surface area (Å²) in [6.07, 6.45) is 0. The van der Waals surface area contributed by atoms with Crippen LogP contribution in [0, 0.1) is 13.8 Å². The third-order valence-corrected chi connectivity index (χ3v) is 5.85. The van der Waals surface area contributed by atoms with E-state index in [0.29, 0.717) is 0 Å². The molecule has 7 heteroatoms. The highest BCUT2D eigenvalue weighted by Crippen LogP contribution is 2.25. The predicted molar refractivity (Wildman–Crippen MR) is 94.7 cm³/mol. The fourth-order valence-electron chi connectivity index (χ4n) is 3.20. The number of aryl methyl sites for hydroxylation is 2. The molecular weight excluding hydrogens is 332 g/mol. The van der Waals surface area contributed by atoms with Crippen molar-refractivity contribution in [3.63, 3.8) is 0 Å². The molecule has 3 rings (SSSR count). The van der Waals surface area contributed by atoms with Gasteiger partial charge in [-0.15, -0.1) is 11.3 Å². The molecule has 0 radical (unpaired) electrons. The maximum atomic E-state index is 12.3. The van der Waals surface area contributed by atoms with Crippen molar-refractivity contribution in [2.75, 3.05) is 32.7 Å². The third kappa shape index (κ3) is 3.66. The molecule has 5 nitrogen and oxygen atoms in total.